The van der Waals surface area contributed by atoms with Crippen molar-refractivity contribution in [2.45, 2.75) is 31.3 Å². The monoisotopic (exact) mass is 338 g/mol. The number of aliphatic hydroxyl groups is 1. The molecule has 0 bridgehead atoms. The number of piperidine rings is 1. The standard InChI is InChI=1S/C22H30N2O/c23-15-7-8-16-24-17-13-21(14-18-24)22(25,19-9-3-1-4-10-19)20-11-5-2-6-12-20/h1-6,9-12,21,25H,7-8,13-18,23H2. The molecule has 2 aromatic carbocycles. The summed E-state index contributed by atoms with van der Waals surface area (Å²) in [5, 5.41) is 11.8. The minimum atomic E-state index is -0.911. The van der Waals surface area contributed by atoms with E-state index in [0.29, 0.717) is 0 Å². The first-order valence-corrected chi connectivity index (χ1v) is 9.51. The van der Waals surface area contributed by atoms with Gasteiger partial charge < -0.3 is 15.7 Å². The van der Waals surface area contributed by atoms with E-state index in [-0.39, 0.29) is 5.92 Å². The highest BCUT2D eigenvalue weighted by Gasteiger charge is 2.41. The maximum atomic E-state index is 11.8. The zero-order valence-corrected chi connectivity index (χ0v) is 15.0. The maximum absolute atomic E-state index is 11.8. The predicted octanol–water partition coefficient (Wildman–Crippen LogP) is 3.37. The average Bonchev–Trinajstić information content (AvgIpc) is 2.69. The second-order valence-corrected chi connectivity index (χ2v) is 7.11. The van der Waals surface area contributed by atoms with Gasteiger partial charge in [-0.05, 0) is 68.9 Å². The highest BCUT2D eigenvalue weighted by atomic mass is 16.3. The number of unbranched alkanes of at least 4 members (excludes halogenated alkanes) is 1. The van der Waals surface area contributed by atoms with Crippen molar-refractivity contribution in [2.75, 3.05) is 26.2 Å². The Morgan fingerprint density at radius 2 is 1.40 bits per heavy atom. The topological polar surface area (TPSA) is 49.5 Å². The second kappa shape index (κ2) is 8.61. The van der Waals surface area contributed by atoms with E-state index in [9.17, 15) is 5.11 Å². The van der Waals surface area contributed by atoms with Crippen LogP contribution in [0.5, 0.6) is 0 Å². The SMILES string of the molecule is NCCCCN1CCC(C(O)(c2ccccc2)c2ccccc2)CC1. The lowest BCUT2D eigenvalue weighted by Gasteiger charge is -2.42. The molecule has 25 heavy (non-hydrogen) atoms. The first kappa shape index (κ1) is 18.1. The molecule has 3 heteroatoms. The molecule has 0 spiro atoms. The summed E-state index contributed by atoms with van der Waals surface area (Å²) in [5.74, 6) is 0.239. The van der Waals surface area contributed by atoms with Gasteiger partial charge in [0.1, 0.15) is 5.60 Å². The average molecular weight is 338 g/mol. The molecule has 2 aromatic rings. The molecule has 1 fully saturated rings. The lowest BCUT2D eigenvalue weighted by atomic mass is 9.72. The third-order valence-corrected chi connectivity index (χ3v) is 5.53. The summed E-state index contributed by atoms with van der Waals surface area (Å²) in [6.07, 6.45) is 4.30. The molecule has 1 aliphatic heterocycles. The fourth-order valence-corrected chi connectivity index (χ4v) is 4.08. The Kier molecular flexibility index (Phi) is 6.24. The van der Waals surface area contributed by atoms with Crippen molar-refractivity contribution in [2.24, 2.45) is 11.7 Å². The minimum Gasteiger partial charge on any atom is -0.380 e. The van der Waals surface area contributed by atoms with E-state index >= 15 is 0 Å². The van der Waals surface area contributed by atoms with E-state index in [1.165, 1.54) is 6.42 Å². The zero-order valence-electron chi connectivity index (χ0n) is 15.0. The molecule has 0 atom stereocenters. The molecule has 0 saturated carbocycles. The molecular weight excluding hydrogens is 308 g/mol. The van der Waals surface area contributed by atoms with Crippen LogP contribution in [0.3, 0.4) is 0 Å². The Labute approximate surface area is 151 Å². The Hall–Kier alpha value is -1.68. The predicted molar refractivity (Wildman–Crippen MR) is 103 cm³/mol. The maximum Gasteiger partial charge on any atom is 0.117 e. The zero-order chi connectivity index (χ0) is 17.5. The highest BCUT2D eigenvalue weighted by Crippen LogP contribution is 2.41. The first-order chi connectivity index (χ1) is 12.2. The molecule has 3 rings (SSSR count). The Morgan fingerprint density at radius 3 is 1.88 bits per heavy atom. The molecule has 134 valence electrons. The number of rotatable bonds is 7. The third-order valence-electron chi connectivity index (χ3n) is 5.53. The van der Waals surface area contributed by atoms with E-state index in [4.69, 9.17) is 5.73 Å². The molecule has 1 heterocycles. The summed E-state index contributed by atoms with van der Waals surface area (Å²) < 4.78 is 0. The van der Waals surface area contributed by atoms with Crippen LogP contribution in [0.1, 0.15) is 36.8 Å². The first-order valence-electron chi connectivity index (χ1n) is 9.51. The number of hydrogen-bond acceptors (Lipinski definition) is 3. The molecule has 3 N–H and O–H groups in total. The normalized spacial score (nSPS) is 16.9. The van der Waals surface area contributed by atoms with Crippen molar-refractivity contribution >= 4 is 0 Å². The highest BCUT2D eigenvalue weighted by molar-refractivity contribution is 5.37. The molecule has 1 saturated heterocycles. The van der Waals surface area contributed by atoms with Gasteiger partial charge in [0.2, 0.25) is 0 Å². The summed E-state index contributed by atoms with van der Waals surface area (Å²) >= 11 is 0. The molecule has 0 aliphatic carbocycles. The van der Waals surface area contributed by atoms with Gasteiger partial charge in [-0.3, -0.25) is 0 Å². The summed E-state index contributed by atoms with van der Waals surface area (Å²) in [6.45, 7) is 4.01. The van der Waals surface area contributed by atoms with Crippen molar-refractivity contribution in [1.82, 2.24) is 4.90 Å². The fraction of sp³-hybridized carbons (Fsp3) is 0.455. The molecule has 0 aromatic heterocycles. The Bertz CT molecular complexity index is 581. The van der Waals surface area contributed by atoms with Crippen molar-refractivity contribution < 1.29 is 5.11 Å². The lowest BCUT2D eigenvalue weighted by Crippen LogP contribution is -2.44. The van der Waals surface area contributed by atoms with Gasteiger partial charge in [-0.15, -0.1) is 0 Å². The van der Waals surface area contributed by atoms with Gasteiger partial charge in [0.05, 0.1) is 0 Å². The largest absolute Gasteiger partial charge is 0.380 e. The molecule has 1 aliphatic rings. The molecule has 0 radical (unpaired) electrons. The van der Waals surface area contributed by atoms with Crippen molar-refractivity contribution in [3.63, 3.8) is 0 Å². The van der Waals surface area contributed by atoms with Crippen LogP contribution in [0.25, 0.3) is 0 Å². The number of benzene rings is 2. The van der Waals surface area contributed by atoms with Crippen LogP contribution in [-0.2, 0) is 5.60 Å². The van der Waals surface area contributed by atoms with Crippen LogP contribution in [0, 0.1) is 5.92 Å². The van der Waals surface area contributed by atoms with Gasteiger partial charge in [0.15, 0.2) is 0 Å². The smallest absolute Gasteiger partial charge is 0.117 e. The summed E-state index contributed by atoms with van der Waals surface area (Å²) in [6, 6.07) is 20.3. The third kappa shape index (κ3) is 4.12. The van der Waals surface area contributed by atoms with Crippen LogP contribution in [0.4, 0.5) is 0 Å². The van der Waals surface area contributed by atoms with Gasteiger partial charge in [-0.2, -0.15) is 0 Å². The van der Waals surface area contributed by atoms with Gasteiger partial charge >= 0.3 is 0 Å². The minimum absolute atomic E-state index is 0.239. The number of hydrogen-bond donors (Lipinski definition) is 2. The lowest BCUT2D eigenvalue weighted by molar-refractivity contribution is -0.0143. The molecule has 0 unspecified atom stereocenters. The van der Waals surface area contributed by atoms with Gasteiger partial charge in [-0.25, -0.2) is 0 Å². The van der Waals surface area contributed by atoms with Crippen LogP contribution in [0.2, 0.25) is 0 Å². The van der Waals surface area contributed by atoms with E-state index in [0.717, 1.165) is 56.6 Å². The van der Waals surface area contributed by atoms with Crippen molar-refractivity contribution in [1.29, 1.82) is 0 Å². The van der Waals surface area contributed by atoms with E-state index in [1.807, 2.05) is 36.4 Å². The summed E-state index contributed by atoms with van der Waals surface area (Å²) in [5.41, 5.74) is 6.69. The number of nitrogens with zero attached hydrogens (tertiary/aromatic N) is 1. The van der Waals surface area contributed by atoms with Crippen LogP contribution in [-0.4, -0.2) is 36.2 Å². The fourth-order valence-electron chi connectivity index (χ4n) is 4.08. The number of likely N-dealkylation sites (tertiary alicyclic amines) is 1. The van der Waals surface area contributed by atoms with Gasteiger partial charge in [-0.1, -0.05) is 60.7 Å². The molecule has 3 nitrogen and oxygen atoms in total. The van der Waals surface area contributed by atoms with Crippen LogP contribution in [0.15, 0.2) is 60.7 Å². The molecular formula is C22H30N2O. The van der Waals surface area contributed by atoms with Gasteiger partial charge in [0, 0.05) is 0 Å². The van der Waals surface area contributed by atoms with Gasteiger partial charge in [0.25, 0.3) is 0 Å². The second-order valence-electron chi connectivity index (χ2n) is 7.11. The van der Waals surface area contributed by atoms with E-state index < -0.39 is 5.60 Å². The van der Waals surface area contributed by atoms with Crippen LogP contribution >= 0.6 is 0 Å². The van der Waals surface area contributed by atoms with E-state index in [1.54, 1.807) is 0 Å². The van der Waals surface area contributed by atoms with Crippen LogP contribution < -0.4 is 5.73 Å². The number of nitrogens with two attached hydrogens (primary N) is 1. The molecule has 0 amide bonds. The Balaban J connectivity index is 1.78. The quantitative estimate of drug-likeness (QED) is 0.761. The summed E-state index contributed by atoms with van der Waals surface area (Å²) in [7, 11) is 0. The van der Waals surface area contributed by atoms with Crippen molar-refractivity contribution in [3.8, 4) is 0 Å². The van der Waals surface area contributed by atoms with Crippen molar-refractivity contribution in [3.05, 3.63) is 71.8 Å². The summed E-state index contributed by atoms with van der Waals surface area (Å²) in [4.78, 5) is 2.52. The Morgan fingerprint density at radius 1 is 0.880 bits per heavy atom. The van der Waals surface area contributed by atoms with E-state index in [2.05, 4.69) is 29.2 Å².